The Morgan fingerprint density at radius 1 is 0.909 bits per heavy atom. The second-order valence-electron chi connectivity index (χ2n) is 9.42. The van der Waals surface area contributed by atoms with Gasteiger partial charge < -0.3 is 10.2 Å². The van der Waals surface area contributed by atoms with Crippen LogP contribution in [0.15, 0.2) is 65.1 Å². The number of aliphatic hydroxyl groups is 1. The molecule has 1 aliphatic carbocycles. The first kappa shape index (κ1) is 20.5. The molecule has 2 N–H and O–H groups in total. The molecule has 0 fully saturated rings. The van der Waals surface area contributed by atoms with Gasteiger partial charge in [0.05, 0.1) is 5.56 Å². The van der Waals surface area contributed by atoms with Crippen molar-refractivity contribution in [3.8, 4) is 16.9 Å². The molecule has 164 valence electrons. The number of aliphatic hydroxyl groups excluding tert-OH is 1. The molecule has 4 aromatic carbocycles. The van der Waals surface area contributed by atoms with Crippen LogP contribution in [0, 0.1) is 6.92 Å². The summed E-state index contributed by atoms with van der Waals surface area (Å²) in [6.45, 7) is 6.20. The number of carbonyl (C=O) groups is 1. The molecule has 4 nitrogen and oxygen atoms in total. The fraction of sp³-hybridized carbons (Fsp3) is 0.179. The number of halogens is 1. The summed E-state index contributed by atoms with van der Waals surface area (Å²) in [5, 5.41) is 24.1. The number of hydrogen-bond donors (Lipinski definition) is 2. The SMILES string of the molecule is Cc1cc2c(c3c1C(=O)N(c1ccc(Br)cc1)C3O)-c1c(cc(O)c3ccccc13)C2(C)C. The fourth-order valence-corrected chi connectivity index (χ4v) is 5.90. The first-order valence-electron chi connectivity index (χ1n) is 10.9. The van der Waals surface area contributed by atoms with Crippen molar-refractivity contribution < 1.29 is 15.0 Å². The molecule has 6 rings (SSSR count). The van der Waals surface area contributed by atoms with Gasteiger partial charge in [0.2, 0.25) is 0 Å². The Bertz CT molecular complexity index is 1500. The van der Waals surface area contributed by atoms with Gasteiger partial charge in [-0.25, -0.2) is 0 Å². The topological polar surface area (TPSA) is 60.8 Å². The smallest absolute Gasteiger partial charge is 0.261 e. The molecule has 1 heterocycles. The lowest BCUT2D eigenvalue weighted by atomic mass is 9.80. The molecule has 1 unspecified atom stereocenters. The minimum atomic E-state index is -1.10. The number of aryl methyl sites for hydroxylation is 1. The zero-order chi connectivity index (χ0) is 23.2. The third kappa shape index (κ3) is 2.58. The molecule has 33 heavy (non-hydrogen) atoms. The molecule has 0 aromatic heterocycles. The van der Waals surface area contributed by atoms with Gasteiger partial charge >= 0.3 is 0 Å². The molecule has 5 heteroatoms. The maximum atomic E-state index is 13.6. The number of fused-ring (bicyclic) bond motifs is 7. The monoisotopic (exact) mass is 499 g/mol. The summed E-state index contributed by atoms with van der Waals surface area (Å²) in [6.07, 6.45) is -1.10. The lowest BCUT2D eigenvalue weighted by Crippen LogP contribution is -2.27. The largest absolute Gasteiger partial charge is 0.507 e. The second-order valence-corrected chi connectivity index (χ2v) is 10.3. The van der Waals surface area contributed by atoms with E-state index in [1.807, 2.05) is 61.5 Å². The van der Waals surface area contributed by atoms with Crippen molar-refractivity contribution in [1.29, 1.82) is 0 Å². The first-order chi connectivity index (χ1) is 15.7. The maximum Gasteiger partial charge on any atom is 0.261 e. The van der Waals surface area contributed by atoms with E-state index < -0.39 is 6.23 Å². The van der Waals surface area contributed by atoms with Crippen molar-refractivity contribution in [3.05, 3.63) is 93.0 Å². The minimum absolute atomic E-state index is 0.200. The fourth-order valence-electron chi connectivity index (χ4n) is 5.63. The molecule has 1 atom stereocenters. The number of amides is 1. The average Bonchev–Trinajstić information content (AvgIpc) is 3.17. The van der Waals surface area contributed by atoms with Gasteiger partial charge in [-0.1, -0.05) is 60.1 Å². The van der Waals surface area contributed by atoms with Crippen LogP contribution in [0.5, 0.6) is 5.75 Å². The van der Waals surface area contributed by atoms with Crippen LogP contribution in [0.25, 0.3) is 21.9 Å². The number of benzene rings is 4. The molecule has 1 aliphatic heterocycles. The molecule has 0 bridgehead atoms. The highest BCUT2D eigenvalue weighted by atomic mass is 79.9. The van der Waals surface area contributed by atoms with E-state index in [0.717, 1.165) is 43.1 Å². The lowest BCUT2D eigenvalue weighted by Gasteiger charge is -2.23. The van der Waals surface area contributed by atoms with Crippen molar-refractivity contribution in [2.24, 2.45) is 0 Å². The maximum absolute atomic E-state index is 13.6. The van der Waals surface area contributed by atoms with Gasteiger partial charge in [0, 0.05) is 26.5 Å². The van der Waals surface area contributed by atoms with Gasteiger partial charge in [-0.15, -0.1) is 0 Å². The van der Waals surface area contributed by atoms with Gasteiger partial charge in [0.15, 0.2) is 6.23 Å². The number of phenols is 1. The lowest BCUT2D eigenvalue weighted by molar-refractivity contribution is 0.0935. The number of nitrogens with zero attached hydrogens (tertiary/aromatic N) is 1. The van der Waals surface area contributed by atoms with Gasteiger partial charge in [-0.2, -0.15) is 0 Å². The van der Waals surface area contributed by atoms with Gasteiger partial charge in [-0.05, 0) is 70.5 Å². The Kier molecular flexibility index (Phi) is 4.14. The number of hydrogen-bond acceptors (Lipinski definition) is 3. The summed E-state index contributed by atoms with van der Waals surface area (Å²) in [5.41, 5.74) is 6.29. The predicted octanol–water partition coefficient (Wildman–Crippen LogP) is 6.57. The van der Waals surface area contributed by atoms with Gasteiger partial charge in [0.1, 0.15) is 5.75 Å². The molecule has 0 radical (unpaired) electrons. The number of anilines is 1. The molecule has 0 spiro atoms. The highest BCUT2D eigenvalue weighted by molar-refractivity contribution is 9.10. The van der Waals surface area contributed by atoms with E-state index in [-0.39, 0.29) is 17.1 Å². The van der Waals surface area contributed by atoms with E-state index >= 15 is 0 Å². The quantitative estimate of drug-likeness (QED) is 0.311. The van der Waals surface area contributed by atoms with Crippen LogP contribution in [0.1, 0.15) is 52.7 Å². The second kappa shape index (κ2) is 6.69. The normalized spacial score (nSPS) is 17.9. The van der Waals surface area contributed by atoms with E-state index in [0.29, 0.717) is 16.8 Å². The van der Waals surface area contributed by atoms with Crippen LogP contribution in [0.2, 0.25) is 0 Å². The zero-order valence-corrected chi connectivity index (χ0v) is 20.1. The zero-order valence-electron chi connectivity index (χ0n) is 18.5. The van der Waals surface area contributed by atoms with E-state index in [1.54, 1.807) is 0 Å². The average molecular weight is 500 g/mol. The standard InChI is InChI=1S/C28H22BrNO3/c1-14-12-19-24(23-18-7-5-4-6-17(18)21(31)13-20(23)28(19,2)3)25-22(14)26(32)30(27(25)33)16-10-8-15(29)9-11-16/h4-13,27,31,33H,1-3H3. The number of phenolic OH excluding ortho intramolecular Hbond substituents is 1. The molecular weight excluding hydrogens is 478 g/mol. The van der Waals surface area contributed by atoms with Crippen LogP contribution in [0.3, 0.4) is 0 Å². The molecular formula is C28H22BrNO3. The van der Waals surface area contributed by atoms with E-state index in [2.05, 4.69) is 35.8 Å². The molecule has 1 amide bonds. The molecule has 0 saturated heterocycles. The van der Waals surface area contributed by atoms with Crippen molar-refractivity contribution in [1.82, 2.24) is 0 Å². The number of carbonyl (C=O) groups excluding carboxylic acids is 1. The Morgan fingerprint density at radius 2 is 1.55 bits per heavy atom. The highest BCUT2D eigenvalue weighted by Crippen LogP contribution is 2.57. The van der Waals surface area contributed by atoms with Crippen LogP contribution in [-0.4, -0.2) is 16.1 Å². The third-order valence-electron chi connectivity index (χ3n) is 7.22. The summed E-state index contributed by atoms with van der Waals surface area (Å²) in [4.78, 5) is 15.1. The third-order valence-corrected chi connectivity index (χ3v) is 7.75. The van der Waals surface area contributed by atoms with Crippen molar-refractivity contribution in [3.63, 3.8) is 0 Å². The van der Waals surface area contributed by atoms with Crippen molar-refractivity contribution in [2.45, 2.75) is 32.4 Å². The minimum Gasteiger partial charge on any atom is -0.507 e. The summed E-state index contributed by atoms with van der Waals surface area (Å²) < 4.78 is 0.906. The van der Waals surface area contributed by atoms with E-state index in [9.17, 15) is 15.0 Å². The first-order valence-corrected chi connectivity index (χ1v) is 11.7. The van der Waals surface area contributed by atoms with Crippen molar-refractivity contribution >= 4 is 38.3 Å². The Balaban J connectivity index is 1.70. The Labute approximate surface area is 200 Å². The Morgan fingerprint density at radius 3 is 2.24 bits per heavy atom. The molecule has 2 aliphatic rings. The van der Waals surface area contributed by atoms with Crippen LogP contribution < -0.4 is 4.90 Å². The Hall–Kier alpha value is -3.15. The highest BCUT2D eigenvalue weighted by Gasteiger charge is 2.46. The summed E-state index contributed by atoms with van der Waals surface area (Å²) in [7, 11) is 0. The van der Waals surface area contributed by atoms with Crippen LogP contribution >= 0.6 is 15.9 Å². The van der Waals surface area contributed by atoms with Gasteiger partial charge in [0.25, 0.3) is 5.91 Å². The molecule has 4 aromatic rings. The summed E-state index contributed by atoms with van der Waals surface area (Å²) in [5.74, 6) is 0.0428. The van der Waals surface area contributed by atoms with Crippen molar-refractivity contribution in [2.75, 3.05) is 4.90 Å². The van der Waals surface area contributed by atoms with Crippen LogP contribution in [0.4, 0.5) is 5.69 Å². The van der Waals surface area contributed by atoms with E-state index in [1.165, 1.54) is 4.90 Å². The molecule has 0 saturated carbocycles. The number of aromatic hydroxyl groups is 1. The van der Waals surface area contributed by atoms with Crippen LogP contribution in [-0.2, 0) is 5.41 Å². The number of rotatable bonds is 1. The van der Waals surface area contributed by atoms with Gasteiger partial charge in [-0.3, -0.25) is 9.69 Å². The summed E-state index contributed by atoms with van der Waals surface area (Å²) >= 11 is 3.44. The van der Waals surface area contributed by atoms with E-state index in [4.69, 9.17) is 0 Å². The summed E-state index contributed by atoms with van der Waals surface area (Å²) in [6, 6.07) is 19.1. The predicted molar refractivity (Wildman–Crippen MR) is 134 cm³/mol.